The van der Waals surface area contributed by atoms with Crippen molar-refractivity contribution in [1.82, 2.24) is 0 Å². The summed E-state index contributed by atoms with van der Waals surface area (Å²) < 4.78 is 19.0. The van der Waals surface area contributed by atoms with E-state index in [4.69, 9.17) is 9.52 Å². The molecule has 3 nitrogen and oxygen atoms in total. The number of carbonyl (C=O) groups is 1. The Labute approximate surface area is 97.9 Å². The Kier molecular flexibility index (Phi) is 2.65. The summed E-state index contributed by atoms with van der Waals surface area (Å²) in [6, 6.07) is 4.68. The molecule has 0 unspecified atom stereocenters. The van der Waals surface area contributed by atoms with Gasteiger partial charge in [-0.3, -0.25) is 4.79 Å². The number of carboxylic acid groups (broad SMARTS) is 1. The lowest BCUT2D eigenvalue weighted by Crippen LogP contribution is -2.26. The molecule has 0 amide bonds. The van der Waals surface area contributed by atoms with E-state index in [1.807, 2.05) is 0 Å². The monoisotopic (exact) mass is 236 g/mol. The van der Waals surface area contributed by atoms with Gasteiger partial charge < -0.3 is 9.52 Å². The highest BCUT2D eigenvalue weighted by Crippen LogP contribution is 2.29. The third-order valence-electron chi connectivity index (χ3n) is 2.86. The Morgan fingerprint density at radius 2 is 2.12 bits per heavy atom. The Hall–Kier alpha value is -1.84. The maximum atomic E-state index is 13.7. The van der Waals surface area contributed by atoms with Gasteiger partial charge >= 0.3 is 5.97 Å². The zero-order chi connectivity index (χ0) is 12.6. The first-order valence-corrected chi connectivity index (χ1v) is 5.30. The first-order valence-electron chi connectivity index (χ1n) is 5.30. The topological polar surface area (TPSA) is 50.4 Å². The number of halogens is 1. The van der Waals surface area contributed by atoms with Crippen LogP contribution in [0.5, 0.6) is 0 Å². The number of benzene rings is 1. The molecular weight excluding hydrogens is 223 g/mol. The van der Waals surface area contributed by atoms with Crippen molar-refractivity contribution in [2.24, 2.45) is 5.41 Å². The molecule has 0 aliphatic rings. The van der Waals surface area contributed by atoms with Gasteiger partial charge in [-0.15, -0.1) is 0 Å². The predicted molar refractivity (Wildman–Crippen MR) is 61.3 cm³/mol. The Morgan fingerprint density at radius 3 is 2.76 bits per heavy atom. The van der Waals surface area contributed by atoms with Crippen LogP contribution in [-0.4, -0.2) is 11.1 Å². The van der Waals surface area contributed by atoms with Crippen LogP contribution in [0, 0.1) is 11.2 Å². The summed E-state index contributed by atoms with van der Waals surface area (Å²) in [5.41, 5.74) is -0.277. The summed E-state index contributed by atoms with van der Waals surface area (Å²) in [5.74, 6) is -1.39. The maximum absolute atomic E-state index is 13.7. The van der Waals surface area contributed by atoms with Crippen LogP contribution in [0.15, 0.2) is 28.9 Å². The zero-order valence-corrected chi connectivity index (χ0v) is 9.66. The molecule has 0 saturated heterocycles. The molecule has 1 heterocycles. The van der Waals surface area contributed by atoms with Crippen LogP contribution < -0.4 is 0 Å². The van der Waals surface area contributed by atoms with Crippen molar-refractivity contribution in [1.29, 1.82) is 0 Å². The molecule has 2 rings (SSSR count). The lowest BCUT2D eigenvalue weighted by Gasteiger charge is -2.19. The minimum Gasteiger partial charge on any atom is -0.481 e. The van der Waals surface area contributed by atoms with Gasteiger partial charge in [-0.05, 0) is 38.5 Å². The fraction of sp³-hybridized carbons (Fsp3) is 0.308. The third kappa shape index (κ3) is 2.02. The largest absolute Gasteiger partial charge is 0.481 e. The van der Waals surface area contributed by atoms with Crippen molar-refractivity contribution in [2.45, 2.75) is 20.3 Å². The van der Waals surface area contributed by atoms with Gasteiger partial charge in [-0.1, -0.05) is 0 Å². The second-order valence-corrected chi connectivity index (χ2v) is 4.73. The van der Waals surface area contributed by atoms with E-state index in [2.05, 4.69) is 0 Å². The fourth-order valence-corrected chi connectivity index (χ4v) is 1.75. The Morgan fingerprint density at radius 1 is 1.41 bits per heavy atom. The van der Waals surface area contributed by atoms with Gasteiger partial charge in [0.05, 0.1) is 11.7 Å². The van der Waals surface area contributed by atoms with E-state index in [1.165, 1.54) is 12.3 Å². The molecule has 0 saturated carbocycles. The number of fused-ring (bicyclic) bond motifs is 1. The second kappa shape index (κ2) is 3.87. The van der Waals surface area contributed by atoms with Crippen molar-refractivity contribution >= 4 is 16.9 Å². The molecule has 0 aliphatic heterocycles. The predicted octanol–water partition coefficient (Wildman–Crippen LogP) is 3.23. The molecule has 1 aromatic heterocycles. The number of aliphatic carboxylic acids is 1. The summed E-state index contributed by atoms with van der Waals surface area (Å²) in [5, 5.41) is 9.84. The van der Waals surface area contributed by atoms with Gasteiger partial charge in [0.15, 0.2) is 0 Å². The second-order valence-electron chi connectivity index (χ2n) is 4.73. The van der Waals surface area contributed by atoms with Gasteiger partial charge in [-0.25, -0.2) is 4.39 Å². The van der Waals surface area contributed by atoms with Crippen molar-refractivity contribution in [3.63, 3.8) is 0 Å². The normalized spacial score (nSPS) is 11.9. The van der Waals surface area contributed by atoms with Crippen LogP contribution in [-0.2, 0) is 11.2 Å². The molecule has 0 spiro atoms. The number of rotatable bonds is 3. The van der Waals surface area contributed by atoms with E-state index in [9.17, 15) is 9.18 Å². The molecule has 2 aromatic rings. The van der Waals surface area contributed by atoms with Crippen LogP contribution in [0.2, 0.25) is 0 Å². The van der Waals surface area contributed by atoms with Crippen LogP contribution in [0.25, 0.3) is 11.0 Å². The van der Waals surface area contributed by atoms with Gasteiger partial charge in [0.1, 0.15) is 11.4 Å². The van der Waals surface area contributed by atoms with Crippen LogP contribution in [0.4, 0.5) is 4.39 Å². The van der Waals surface area contributed by atoms with Crippen molar-refractivity contribution in [3.05, 3.63) is 35.8 Å². The first-order chi connectivity index (χ1) is 7.92. The molecule has 0 atom stereocenters. The van der Waals surface area contributed by atoms with Crippen LogP contribution in [0.3, 0.4) is 0 Å². The molecule has 0 radical (unpaired) electrons. The first kappa shape index (κ1) is 11.6. The minimum atomic E-state index is -1.03. The lowest BCUT2D eigenvalue weighted by molar-refractivity contribution is -0.146. The average Bonchev–Trinajstić information content (AvgIpc) is 2.70. The molecule has 0 fully saturated rings. The van der Waals surface area contributed by atoms with E-state index >= 15 is 0 Å². The molecule has 17 heavy (non-hydrogen) atoms. The summed E-state index contributed by atoms with van der Waals surface area (Å²) >= 11 is 0. The summed E-state index contributed by atoms with van der Waals surface area (Å²) in [6.45, 7) is 3.13. The van der Waals surface area contributed by atoms with E-state index in [0.29, 0.717) is 11.1 Å². The number of carboxylic acids is 1. The smallest absolute Gasteiger partial charge is 0.309 e. The summed E-state index contributed by atoms with van der Waals surface area (Å²) in [7, 11) is 0. The highest BCUT2D eigenvalue weighted by Gasteiger charge is 2.30. The molecule has 0 bridgehead atoms. The van der Waals surface area contributed by atoms with Crippen molar-refractivity contribution < 1.29 is 18.7 Å². The highest BCUT2D eigenvalue weighted by atomic mass is 19.1. The van der Waals surface area contributed by atoms with E-state index in [1.54, 1.807) is 26.0 Å². The van der Waals surface area contributed by atoms with E-state index < -0.39 is 17.2 Å². The number of hydrogen-bond donors (Lipinski definition) is 1. The van der Waals surface area contributed by atoms with Gasteiger partial charge in [0, 0.05) is 10.9 Å². The van der Waals surface area contributed by atoms with E-state index in [0.717, 1.165) is 5.39 Å². The molecule has 90 valence electrons. The highest BCUT2D eigenvalue weighted by molar-refractivity contribution is 5.82. The maximum Gasteiger partial charge on any atom is 0.309 e. The molecule has 4 heteroatoms. The average molecular weight is 236 g/mol. The van der Waals surface area contributed by atoms with Gasteiger partial charge in [0.2, 0.25) is 0 Å². The van der Waals surface area contributed by atoms with Crippen LogP contribution in [0.1, 0.15) is 19.4 Å². The van der Waals surface area contributed by atoms with Crippen molar-refractivity contribution in [3.8, 4) is 0 Å². The van der Waals surface area contributed by atoms with Crippen molar-refractivity contribution in [2.75, 3.05) is 0 Å². The Balaban J connectivity index is 2.51. The number of hydrogen-bond acceptors (Lipinski definition) is 2. The summed E-state index contributed by atoms with van der Waals surface area (Å²) in [4.78, 5) is 11.1. The summed E-state index contributed by atoms with van der Waals surface area (Å²) in [6.07, 6.45) is 1.57. The molecule has 1 N–H and O–H groups in total. The standard InChI is InChI=1S/C13H13FO3/c1-13(2,12(15)16)7-9-10(14)4-3-8-5-6-17-11(8)9/h3-6H,7H2,1-2H3,(H,15,16). The SMILES string of the molecule is CC(C)(Cc1c(F)ccc2ccoc12)C(=O)O. The van der Waals surface area contributed by atoms with E-state index in [-0.39, 0.29) is 6.42 Å². The minimum absolute atomic E-state index is 0.0962. The van der Waals surface area contributed by atoms with Gasteiger partial charge in [-0.2, -0.15) is 0 Å². The van der Waals surface area contributed by atoms with Gasteiger partial charge in [0.25, 0.3) is 0 Å². The third-order valence-corrected chi connectivity index (χ3v) is 2.86. The Bertz CT molecular complexity index is 569. The molecule has 0 aliphatic carbocycles. The number of furan rings is 1. The molecular formula is C13H13FO3. The fourth-order valence-electron chi connectivity index (χ4n) is 1.75. The van der Waals surface area contributed by atoms with Crippen LogP contribution >= 0.6 is 0 Å². The zero-order valence-electron chi connectivity index (χ0n) is 9.66. The lowest BCUT2D eigenvalue weighted by atomic mass is 9.85. The molecule has 1 aromatic carbocycles. The quantitative estimate of drug-likeness (QED) is 0.890.